The van der Waals surface area contributed by atoms with Gasteiger partial charge in [0, 0.05) is 18.9 Å². The van der Waals surface area contributed by atoms with Gasteiger partial charge in [-0.15, -0.1) is 0 Å². The molecule has 0 aliphatic carbocycles. The van der Waals surface area contributed by atoms with E-state index in [2.05, 4.69) is 13.8 Å². The van der Waals surface area contributed by atoms with Crippen molar-refractivity contribution in [2.24, 2.45) is 0 Å². The second-order valence-corrected chi connectivity index (χ2v) is 10.1. The Labute approximate surface area is 170 Å². The molecule has 0 radical (unpaired) electrons. The van der Waals surface area contributed by atoms with Gasteiger partial charge in [-0.3, -0.25) is 14.2 Å². The van der Waals surface area contributed by atoms with Crippen LogP contribution >= 0.6 is 0 Å². The van der Waals surface area contributed by atoms with Crippen molar-refractivity contribution < 1.29 is 18.3 Å². The Morgan fingerprint density at radius 1 is 1.24 bits per heavy atom. The van der Waals surface area contributed by atoms with Gasteiger partial charge in [0.1, 0.15) is 5.56 Å². The molecule has 1 fully saturated rings. The minimum absolute atomic E-state index is 0.0264. The zero-order chi connectivity index (χ0) is 21.5. The monoisotopic (exact) mass is 418 g/mol. The fourth-order valence-corrected chi connectivity index (χ4v) is 5.48. The minimum Gasteiger partial charge on any atom is -0.390 e. The van der Waals surface area contributed by atoms with Crippen molar-refractivity contribution in [3.05, 3.63) is 63.6 Å². The van der Waals surface area contributed by atoms with E-state index in [1.165, 1.54) is 16.5 Å². The highest BCUT2D eigenvalue weighted by Crippen LogP contribution is 2.21. The Morgan fingerprint density at radius 2 is 1.93 bits per heavy atom. The van der Waals surface area contributed by atoms with E-state index in [1.54, 1.807) is 25.3 Å². The van der Waals surface area contributed by atoms with Gasteiger partial charge in [-0.2, -0.15) is 0 Å². The highest BCUT2D eigenvalue weighted by molar-refractivity contribution is 7.91. The summed E-state index contributed by atoms with van der Waals surface area (Å²) in [5.74, 6) is -1.00. The predicted octanol–water partition coefficient (Wildman–Crippen LogP) is 1.50. The first kappa shape index (κ1) is 21.3. The summed E-state index contributed by atoms with van der Waals surface area (Å²) in [5, 5.41) is 10.1. The molecule has 2 heterocycles. The molecule has 8 heteroatoms. The molecule has 156 valence electrons. The average Bonchev–Trinajstić information content (AvgIpc) is 2.93. The molecule has 2 atom stereocenters. The highest BCUT2D eigenvalue weighted by atomic mass is 32.2. The third kappa shape index (κ3) is 4.13. The van der Waals surface area contributed by atoms with E-state index in [9.17, 15) is 23.1 Å². The number of aromatic nitrogens is 1. The molecule has 7 nitrogen and oxygen atoms in total. The van der Waals surface area contributed by atoms with Gasteiger partial charge >= 0.3 is 0 Å². The summed E-state index contributed by atoms with van der Waals surface area (Å²) in [6, 6.07) is 8.37. The molecule has 0 spiro atoms. The number of aliphatic hydroxyl groups is 1. The number of benzene rings is 1. The molecular weight excluding hydrogens is 392 g/mol. The van der Waals surface area contributed by atoms with Gasteiger partial charge in [0.2, 0.25) is 0 Å². The van der Waals surface area contributed by atoms with Gasteiger partial charge in [0.25, 0.3) is 11.5 Å². The largest absolute Gasteiger partial charge is 0.390 e. The Bertz CT molecular complexity index is 1100. The Hall–Kier alpha value is -2.45. The van der Waals surface area contributed by atoms with E-state index < -0.39 is 33.4 Å². The van der Waals surface area contributed by atoms with Crippen LogP contribution in [0.25, 0.3) is 5.69 Å². The van der Waals surface area contributed by atoms with Gasteiger partial charge < -0.3 is 10.0 Å². The Balaban J connectivity index is 2.03. The second kappa shape index (κ2) is 7.76. The van der Waals surface area contributed by atoms with Crippen molar-refractivity contribution in [2.45, 2.75) is 38.8 Å². The highest BCUT2D eigenvalue weighted by Gasteiger charge is 2.41. The molecule has 1 aromatic carbocycles. The van der Waals surface area contributed by atoms with Crippen LogP contribution in [0.4, 0.5) is 0 Å². The Kier molecular flexibility index (Phi) is 5.69. The van der Waals surface area contributed by atoms with Crippen LogP contribution < -0.4 is 5.56 Å². The summed E-state index contributed by atoms with van der Waals surface area (Å²) in [5.41, 5.74) is 1.72. The normalized spacial score (nSPS) is 20.8. The van der Waals surface area contributed by atoms with Gasteiger partial charge in [-0.1, -0.05) is 26.0 Å². The van der Waals surface area contributed by atoms with Crippen molar-refractivity contribution in [3.8, 4) is 5.69 Å². The molecule has 1 saturated heterocycles. The maximum Gasteiger partial charge on any atom is 0.268 e. The number of nitrogens with zero attached hydrogens (tertiary/aromatic N) is 2. The summed E-state index contributed by atoms with van der Waals surface area (Å²) in [6.45, 7) is 5.78. The van der Waals surface area contributed by atoms with Crippen molar-refractivity contribution in [2.75, 3.05) is 18.6 Å². The quantitative estimate of drug-likeness (QED) is 0.812. The van der Waals surface area contributed by atoms with Gasteiger partial charge in [-0.25, -0.2) is 8.42 Å². The van der Waals surface area contributed by atoms with E-state index in [0.717, 1.165) is 5.56 Å². The zero-order valence-electron chi connectivity index (χ0n) is 17.0. The molecule has 1 N–H and O–H groups in total. The number of amides is 1. The number of sulfone groups is 1. The number of rotatable bonds is 4. The van der Waals surface area contributed by atoms with Crippen molar-refractivity contribution in [1.29, 1.82) is 0 Å². The number of aliphatic hydroxyl groups excluding tert-OH is 1. The van der Waals surface area contributed by atoms with Gasteiger partial charge in [-0.05, 0) is 42.2 Å². The van der Waals surface area contributed by atoms with E-state index in [4.69, 9.17) is 0 Å². The number of hydrogen-bond donors (Lipinski definition) is 1. The zero-order valence-corrected chi connectivity index (χ0v) is 17.8. The molecule has 1 aliphatic heterocycles. The molecule has 0 saturated carbocycles. The molecule has 1 amide bonds. The molecular formula is C21H26N2O5S. The number of likely N-dealkylation sites (N-methyl/N-ethyl adjacent to an activating group) is 1. The number of carbonyl (C=O) groups is 1. The predicted molar refractivity (Wildman–Crippen MR) is 111 cm³/mol. The lowest BCUT2D eigenvalue weighted by Crippen LogP contribution is -2.46. The summed E-state index contributed by atoms with van der Waals surface area (Å²) >= 11 is 0. The van der Waals surface area contributed by atoms with Crippen LogP contribution in [0, 0.1) is 6.92 Å². The van der Waals surface area contributed by atoms with E-state index in [0.29, 0.717) is 11.3 Å². The number of hydrogen-bond acceptors (Lipinski definition) is 5. The maximum atomic E-state index is 13.2. The van der Waals surface area contributed by atoms with Crippen molar-refractivity contribution in [3.63, 3.8) is 0 Å². The van der Waals surface area contributed by atoms with Crippen LogP contribution in [0.15, 0.2) is 41.3 Å². The third-order valence-electron chi connectivity index (χ3n) is 5.44. The lowest BCUT2D eigenvalue weighted by Gasteiger charge is -2.26. The van der Waals surface area contributed by atoms with Crippen LogP contribution in [0.5, 0.6) is 0 Å². The fraction of sp³-hybridized carbons (Fsp3) is 0.429. The van der Waals surface area contributed by atoms with E-state index in [1.807, 2.05) is 18.2 Å². The molecule has 3 rings (SSSR count). The maximum absolute atomic E-state index is 13.2. The lowest BCUT2D eigenvalue weighted by molar-refractivity contribution is 0.0578. The second-order valence-electron chi connectivity index (χ2n) is 7.93. The molecule has 1 aromatic heterocycles. The molecule has 29 heavy (non-hydrogen) atoms. The number of pyridine rings is 1. The first-order valence-electron chi connectivity index (χ1n) is 9.50. The SMILES string of the molecule is Cc1ccn(-c2cccc(C(C)C)c2)c(=O)c1C(=O)N(C)[C@@H]1CS(=O)(=O)C[C@H]1O. The smallest absolute Gasteiger partial charge is 0.268 e. The van der Waals surface area contributed by atoms with Crippen molar-refractivity contribution in [1.82, 2.24) is 9.47 Å². The van der Waals surface area contributed by atoms with Crippen LogP contribution in [0.2, 0.25) is 0 Å². The minimum atomic E-state index is -3.42. The molecule has 0 unspecified atom stereocenters. The van der Waals surface area contributed by atoms with Crippen LogP contribution in [-0.4, -0.2) is 59.6 Å². The Morgan fingerprint density at radius 3 is 2.52 bits per heavy atom. The van der Waals surface area contributed by atoms with Gasteiger partial charge in [0.15, 0.2) is 9.84 Å². The lowest BCUT2D eigenvalue weighted by atomic mass is 10.0. The van der Waals surface area contributed by atoms with Crippen LogP contribution in [0.3, 0.4) is 0 Å². The standard InChI is InChI=1S/C21H26N2O5S/c1-13(2)15-6-5-7-16(10-15)23-9-8-14(3)19(21(23)26)20(25)22(4)17-11-29(27,28)12-18(17)24/h5-10,13,17-18,24H,11-12H2,1-4H3/t17-,18-/m1/s1. The number of carbonyl (C=O) groups excluding carboxylic acids is 1. The fourth-order valence-electron chi connectivity index (χ4n) is 3.63. The van der Waals surface area contributed by atoms with Crippen LogP contribution in [-0.2, 0) is 9.84 Å². The molecule has 2 aromatic rings. The van der Waals surface area contributed by atoms with Crippen molar-refractivity contribution >= 4 is 15.7 Å². The molecule has 0 bridgehead atoms. The van der Waals surface area contributed by atoms with E-state index in [-0.39, 0.29) is 23.0 Å². The third-order valence-corrected chi connectivity index (χ3v) is 7.14. The first-order valence-corrected chi connectivity index (χ1v) is 11.3. The van der Waals surface area contributed by atoms with Gasteiger partial charge in [0.05, 0.1) is 23.7 Å². The summed E-state index contributed by atoms with van der Waals surface area (Å²) in [7, 11) is -1.99. The topological polar surface area (TPSA) is 96.7 Å². The summed E-state index contributed by atoms with van der Waals surface area (Å²) in [6.07, 6.45) is 0.464. The summed E-state index contributed by atoms with van der Waals surface area (Å²) in [4.78, 5) is 27.4. The van der Waals surface area contributed by atoms with Crippen LogP contribution in [0.1, 0.15) is 41.3 Å². The van der Waals surface area contributed by atoms with E-state index >= 15 is 0 Å². The summed E-state index contributed by atoms with van der Waals surface area (Å²) < 4.78 is 25.0. The number of aryl methyl sites for hydroxylation is 1. The average molecular weight is 419 g/mol. The molecule has 1 aliphatic rings. The first-order chi connectivity index (χ1) is 13.5.